The van der Waals surface area contributed by atoms with Crippen LogP contribution in [-0.4, -0.2) is 14.7 Å². The monoisotopic (exact) mass is 359 g/mol. The van der Waals surface area contributed by atoms with Gasteiger partial charge in [-0.25, -0.2) is 0 Å². The molecule has 0 aliphatic carbocycles. The van der Waals surface area contributed by atoms with E-state index in [0.29, 0.717) is 6.42 Å². The van der Waals surface area contributed by atoms with E-state index in [4.69, 9.17) is 0 Å². The van der Waals surface area contributed by atoms with Crippen molar-refractivity contribution in [3.63, 3.8) is 0 Å². The third kappa shape index (κ3) is 2.15. The van der Waals surface area contributed by atoms with E-state index >= 15 is 0 Å². The van der Waals surface area contributed by atoms with Crippen LogP contribution in [0.1, 0.15) is 23.5 Å². The van der Waals surface area contributed by atoms with Crippen molar-refractivity contribution in [3.8, 4) is 0 Å². The largest absolute Gasteiger partial charge is 0.326 e. The minimum Gasteiger partial charge on any atom is -0.326 e. The highest BCUT2D eigenvalue weighted by Crippen LogP contribution is 2.41. The third-order valence-electron chi connectivity index (χ3n) is 3.75. The minimum absolute atomic E-state index is 0.0226. The summed E-state index contributed by atoms with van der Waals surface area (Å²) >= 11 is 4.65. The topological polar surface area (TPSA) is 54.9 Å². The van der Waals surface area contributed by atoms with Gasteiger partial charge in [0.15, 0.2) is 0 Å². The maximum atomic E-state index is 12.0. The molecule has 2 heterocycles. The molecule has 0 unspecified atom stereocenters. The molecule has 3 aromatic rings. The van der Waals surface area contributed by atoms with Crippen LogP contribution in [0.25, 0.3) is 11.0 Å². The van der Waals surface area contributed by atoms with Crippen LogP contribution in [0, 0.1) is 0 Å². The van der Waals surface area contributed by atoms with Gasteiger partial charge in [-0.2, -0.15) is 8.75 Å². The maximum Gasteiger partial charge on any atom is 0.225 e. The van der Waals surface area contributed by atoms with Crippen LogP contribution in [0.4, 0.5) is 5.69 Å². The summed E-state index contributed by atoms with van der Waals surface area (Å²) in [4.78, 5) is 12.0. The Kier molecular flexibility index (Phi) is 3.01. The Morgan fingerprint density at radius 1 is 1.14 bits per heavy atom. The van der Waals surface area contributed by atoms with Crippen LogP contribution in [0.3, 0.4) is 0 Å². The molecule has 0 saturated heterocycles. The van der Waals surface area contributed by atoms with Crippen molar-refractivity contribution >= 4 is 50.3 Å². The molecule has 0 spiro atoms. The van der Waals surface area contributed by atoms with Gasteiger partial charge in [-0.15, -0.1) is 0 Å². The summed E-state index contributed by atoms with van der Waals surface area (Å²) in [5.74, 6) is 0.0624. The third-order valence-corrected chi connectivity index (χ3v) is 4.82. The molecule has 1 aliphatic heterocycles. The number of anilines is 1. The van der Waals surface area contributed by atoms with E-state index in [2.05, 4.69) is 42.1 Å². The SMILES string of the molecule is O=C1C[C@@H](c2ccc(Br)cc2)c2c(ccc3nsnc23)N1. The van der Waals surface area contributed by atoms with Crippen LogP contribution >= 0.6 is 27.7 Å². The van der Waals surface area contributed by atoms with Gasteiger partial charge in [-0.05, 0) is 29.8 Å². The van der Waals surface area contributed by atoms with Gasteiger partial charge in [-0.3, -0.25) is 4.79 Å². The summed E-state index contributed by atoms with van der Waals surface area (Å²) in [6.45, 7) is 0. The van der Waals surface area contributed by atoms with E-state index in [1.54, 1.807) is 0 Å². The molecule has 4 rings (SSSR count). The second-order valence-corrected chi connectivity index (χ2v) is 6.46. The Bertz CT molecular complexity index is 844. The van der Waals surface area contributed by atoms with Crippen LogP contribution in [-0.2, 0) is 4.79 Å². The van der Waals surface area contributed by atoms with Crippen molar-refractivity contribution in [2.45, 2.75) is 12.3 Å². The lowest BCUT2D eigenvalue weighted by Crippen LogP contribution is -2.23. The summed E-state index contributed by atoms with van der Waals surface area (Å²) < 4.78 is 9.75. The molecule has 1 amide bonds. The van der Waals surface area contributed by atoms with Gasteiger partial charge >= 0.3 is 0 Å². The molecule has 0 fully saturated rings. The quantitative estimate of drug-likeness (QED) is 0.716. The number of nitrogens with zero attached hydrogens (tertiary/aromatic N) is 2. The first-order chi connectivity index (χ1) is 10.2. The van der Waals surface area contributed by atoms with Crippen molar-refractivity contribution in [3.05, 3.63) is 52.0 Å². The molecule has 0 saturated carbocycles. The van der Waals surface area contributed by atoms with Gasteiger partial charge in [-0.1, -0.05) is 28.1 Å². The highest BCUT2D eigenvalue weighted by atomic mass is 79.9. The second-order valence-electron chi connectivity index (χ2n) is 5.02. The van der Waals surface area contributed by atoms with Crippen LogP contribution in [0.2, 0.25) is 0 Å². The predicted molar refractivity (Wildman–Crippen MR) is 86.6 cm³/mol. The number of carbonyl (C=O) groups excluding carboxylic acids is 1. The van der Waals surface area contributed by atoms with E-state index in [0.717, 1.165) is 32.3 Å². The van der Waals surface area contributed by atoms with Crippen molar-refractivity contribution in [1.82, 2.24) is 8.75 Å². The van der Waals surface area contributed by atoms with Crippen LogP contribution in [0.15, 0.2) is 40.9 Å². The molecule has 0 bridgehead atoms. The average Bonchev–Trinajstić information content (AvgIpc) is 2.95. The molecular weight excluding hydrogens is 350 g/mol. The summed E-state index contributed by atoms with van der Waals surface area (Å²) in [6.07, 6.45) is 0.436. The average molecular weight is 360 g/mol. The smallest absolute Gasteiger partial charge is 0.225 e. The molecule has 1 aromatic heterocycles. The van der Waals surface area contributed by atoms with E-state index in [1.165, 1.54) is 11.7 Å². The van der Waals surface area contributed by atoms with Crippen LogP contribution < -0.4 is 5.32 Å². The number of hydrogen-bond acceptors (Lipinski definition) is 4. The lowest BCUT2D eigenvalue weighted by Gasteiger charge is -2.26. The summed E-state index contributed by atoms with van der Waals surface area (Å²) in [5.41, 5.74) is 4.82. The summed E-state index contributed by atoms with van der Waals surface area (Å²) in [6, 6.07) is 11.9. The lowest BCUT2D eigenvalue weighted by atomic mass is 9.84. The van der Waals surface area contributed by atoms with E-state index in [-0.39, 0.29) is 11.8 Å². The lowest BCUT2D eigenvalue weighted by molar-refractivity contribution is -0.116. The zero-order valence-corrected chi connectivity index (χ0v) is 13.2. The Balaban J connectivity index is 1.95. The van der Waals surface area contributed by atoms with Gasteiger partial charge < -0.3 is 5.32 Å². The number of benzene rings is 2. The molecule has 2 aromatic carbocycles. The first kappa shape index (κ1) is 12.9. The van der Waals surface area contributed by atoms with Crippen molar-refractivity contribution in [2.24, 2.45) is 0 Å². The molecule has 4 nitrogen and oxygen atoms in total. The number of rotatable bonds is 1. The Hall–Kier alpha value is -1.79. The van der Waals surface area contributed by atoms with E-state index in [9.17, 15) is 4.79 Å². The Morgan fingerprint density at radius 2 is 1.95 bits per heavy atom. The number of amides is 1. The molecule has 21 heavy (non-hydrogen) atoms. The first-order valence-corrected chi connectivity index (χ1v) is 8.05. The van der Waals surface area contributed by atoms with Gasteiger partial charge in [0.05, 0.1) is 11.7 Å². The standard InChI is InChI=1S/C15H10BrN3OS/c16-9-3-1-8(2-4-9)10-7-13(20)17-11-5-6-12-15(14(10)11)19-21-18-12/h1-6,10H,7H2,(H,17,20)/t10-/m0/s1. The van der Waals surface area contributed by atoms with E-state index in [1.807, 2.05) is 24.3 Å². The second kappa shape index (κ2) is 4.89. The number of carbonyl (C=O) groups is 1. The Morgan fingerprint density at radius 3 is 2.76 bits per heavy atom. The van der Waals surface area contributed by atoms with Crippen molar-refractivity contribution < 1.29 is 4.79 Å². The number of fused-ring (bicyclic) bond motifs is 3. The van der Waals surface area contributed by atoms with Crippen molar-refractivity contribution in [1.29, 1.82) is 0 Å². The molecule has 0 radical (unpaired) electrons. The Labute approximate surface area is 133 Å². The number of hydrogen-bond donors (Lipinski definition) is 1. The highest BCUT2D eigenvalue weighted by molar-refractivity contribution is 9.10. The number of nitrogens with one attached hydrogen (secondary N) is 1. The fourth-order valence-electron chi connectivity index (χ4n) is 2.80. The van der Waals surface area contributed by atoms with E-state index < -0.39 is 0 Å². The molecule has 104 valence electrons. The molecule has 1 N–H and O–H groups in total. The summed E-state index contributed by atoms with van der Waals surface area (Å²) in [7, 11) is 0. The van der Waals surface area contributed by atoms with Gasteiger partial charge in [0.2, 0.25) is 5.91 Å². The van der Waals surface area contributed by atoms with Gasteiger partial charge in [0, 0.05) is 28.1 Å². The highest BCUT2D eigenvalue weighted by Gasteiger charge is 2.29. The number of aromatic nitrogens is 2. The van der Waals surface area contributed by atoms with Crippen LogP contribution in [0.5, 0.6) is 0 Å². The zero-order chi connectivity index (χ0) is 14.4. The molecule has 1 atom stereocenters. The predicted octanol–water partition coefficient (Wildman–Crippen LogP) is 3.93. The van der Waals surface area contributed by atoms with Gasteiger partial charge in [0.1, 0.15) is 11.0 Å². The minimum atomic E-state index is 0.0226. The first-order valence-electron chi connectivity index (χ1n) is 6.53. The molecular formula is C15H10BrN3OS. The number of halogens is 1. The van der Waals surface area contributed by atoms with Crippen molar-refractivity contribution in [2.75, 3.05) is 5.32 Å². The maximum absolute atomic E-state index is 12.0. The fraction of sp³-hybridized carbons (Fsp3) is 0.133. The molecule has 6 heteroatoms. The fourth-order valence-corrected chi connectivity index (χ4v) is 3.62. The summed E-state index contributed by atoms with van der Waals surface area (Å²) in [5, 5.41) is 2.94. The normalized spacial score (nSPS) is 17.6. The van der Waals surface area contributed by atoms with Gasteiger partial charge in [0.25, 0.3) is 0 Å². The zero-order valence-electron chi connectivity index (χ0n) is 10.8. The molecule has 1 aliphatic rings.